The Morgan fingerprint density at radius 1 is 0.579 bits per heavy atom. The zero-order valence-electron chi connectivity index (χ0n) is 21.9. The third kappa shape index (κ3) is 4.48. The fourth-order valence-electron chi connectivity index (χ4n) is 5.10. The van der Waals surface area contributed by atoms with Crippen LogP contribution in [0.15, 0.2) is 132 Å². The van der Waals surface area contributed by atoms with Crippen LogP contribution < -0.4 is 4.90 Å². The molecule has 0 fully saturated rings. The first-order chi connectivity index (χ1) is 18.5. The molecule has 0 N–H and O–H groups in total. The summed E-state index contributed by atoms with van der Waals surface area (Å²) in [5.74, 6) is 0.633. The first-order valence-electron chi connectivity index (χ1n) is 13.0. The van der Waals surface area contributed by atoms with E-state index in [9.17, 15) is 0 Å². The molecule has 0 spiro atoms. The molecule has 186 valence electrons. The molecule has 0 saturated carbocycles. The molecule has 0 bridgehead atoms. The van der Waals surface area contributed by atoms with Gasteiger partial charge in [-0.1, -0.05) is 91.0 Å². The number of para-hydroxylation sites is 2. The lowest BCUT2D eigenvalue weighted by molar-refractivity contribution is 0.560. The standard InChI is InChI=1S/C35H30N2O/c1-35(2,3)37(28-19-12-18-27(24-28)25-14-6-4-7-15-25)32-23-11-10-20-29(32)30-21-13-22-31-33(30)38-34(36-31)26-16-8-5-9-17-26/h4-24H,1-3H3. The summed E-state index contributed by atoms with van der Waals surface area (Å²) in [5.41, 5.74) is 9.23. The molecule has 0 aliphatic rings. The summed E-state index contributed by atoms with van der Waals surface area (Å²) in [6, 6.07) is 44.2. The maximum absolute atomic E-state index is 6.41. The first kappa shape index (κ1) is 23.7. The Labute approximate surface area is 224 Å². The fourth-order valence-corrected chi connectivity index (χ4v) is 5.10. The number of aromatic nitrogens is 1. The highest BCUT2D eigenvalue weighted by Crippen LogP contribution is 2.43. The molecule has 0 amide bonds. The second-order valence-corrected chi connectivity index (χ2v) is 10.5. The largest absolute Gasteiger partial charge is 0.435 e. The summed E-state index contributed by atoms with van der Waals surface area (Å²) in [6.07, 6.45) is 0. The third-order valence-corrected chi connectivity index (χ3v) is 6.75. The lowest BCUT2D eigenvalue weighted by atomic mass is 9.96. The van der Waals surface area contributed by atoms with Crippen LogP contribution in [0.5, 0.6) is 0 Å². The third-order valence-electron chi connectivity index (χ3n) is 6.75. The van der Waals surface area contributed by atoms with Crippen molar-refractivity contribution in [3.8, 4) is 33.7 Å². The van der Waals surface area contributed by atoms with E-state index in [0.29, 0.717) is 5.89 Å². The predicted molar refractivity (Wildman–Crippen MR) is 159 cm³/mol. The molecule has 5 aromatic carbocycles. The predicted octanol–water partition coefficient (Wildman–Crippen LogP) is 9.77. The molecular formula is C35H30N2O. The van der Waals surface area contributed by atoms with Crippen LogP contribution in [0.4, 0.5) is 11.4 Å². The lowest BCUT2D eigenvalue weighted by Gasteiger charge is -2.39. The zero-order chi connectivity index (χ0) is 26.1. The molecule has 3 nitrogen and oxygen atoms in total. The first-order valence-corrected chi connectivity index (χ1v) is 13.0. The molecule has 0 unspecified atom stereocenters. The van der Waals surface area contributed by atoms with Crippen molar-refractivity contribution in [3.05, 3.63) is 127 Å². The van der Waals surface area contributed by atoms with Crippen molar-refractivity contribution in [3.63, 3.8) is 0 Å². The molecule has 0 radical (unpaired) electrons. The van der Waals surface area contributed by atoms with Crippen LogP contribution in [0.1, 0.15) is 20.8 Å². The highest BCUT2D eigenvalue weighted by molar-refractivity contribution is 5.96. The van der Waals surface area contributed by atoms with Gasteiger partial charge in [0.05, 0.1) is 0 Å². The summed E-state index contributed by atoms with van der Waals surface area (Å²) in [6.45, 7) is 6.75. The molecular weight excluding hydrogens is 464 g/mol. The molecule has 0 saturated heterocycles. The van der Waals surface area contributed by atoms with Gasteiger partial charge in [0.2, 0.25) is 5.89 Å². The highest BCUT2D eigenvalue weighted by atomic mass is 16.3. The SMILES string of the molecule is CC(C)(C)N(c1cccc(-c2ccccc2)c1)c1ccccc1-c1cccc2nc(-c3ccccc3)oc12. The number of nitrogens with zero attached hydrogens (tertiary/aromatic N) is 2. The van der Waals surface area contributed by atoms with E-state index in [2.05, 4.69) is 117 Å². The van der Waals surface area contributed by atoms with E-state index in [1.807, 2.05) is 36.4 Å². The molecule has 6 aromatic rings. The number of rotatable bonds is 5. The smallest absolute Gasteiger partial charge is 0.227 e. The van der Waals surface area contributed by atoms with Gasteiger partial charge in [-0.3, -0.25) is 0 Å². The van der Waals surface area contributed by atoms with Crippen LogP contribution in [0.25, 0.3) is 44.8 Å². The number of fused-ring (bicyclic) bond motifs is 1. The maximum Gasteiger partial charge on any atom is 0.227 e. The number of hydrogen-bond acceptors (Lipinski definition) is 3. The summed E-state index contributed by atoms with van der Waals surface area (Å²) >= 11 is 0. The Hall–Kier alpha value is -4.63. The molecule has 38 heavy (non-hydrogen) atoms. The van der Waals surface area contributed by atoms with Crippen LogP contribution in [0.3, 0.4) is 0 Å². The van der Waals surface area contributed by atoms with Gasteiger partial charge in [-0.05, 0) is 68.3 Å². The van der Waals surface area contributed by atoms with E-state index >= 15 is 0 Å². The van der Waals surface area contributed by atoms with Crippen LogP contribution >= 0.6 is 0 Å². The molecule has 0 atom stereocenters. The van der Waals surface area contributed by atoms with Gasteiger partial charge in [0, 0.05) is 33.6 Å². The van der Waals surface area contributed by atoms with Crippen molar-refractivity contribution >= 4 is 22.5 Å². The minimum atomic E-state index is -0.185. The Morgan fingerprint density at radius 3 is 1.92 bits per heavy atom. The quantitative estimate of drug-likeness (QED) is 0.239. The zero-order valence-corrected chi connectivity index (χ0v) is 21.9. The molecule has 3 heteroatoms. The number of hydrogen-bond donors (Lipinski definition) is 0. The van der Waals surface area contributed by atoms with Gasteiger partial charge in [-0.15, -0.1) is 0 Å². The van der Waals surface area contributed by atoms with Crippen LogP contribution in [-0.4, -0.2) is 10.5 Å². The minimum Gasteiger partial charge on any atom is -0.435 e. The summed E-state index contributed by atoms with van der Waals surface area (Å²) in [7, 11) is 0. The van der Waals surface area contributed by atoms with Crippen molar-refractivity contribution < 1.29 is 4.42 Å². The van der Waals surface area contributed by atoms with E-state index in [1.54, 1.807) is 0 Å². The van der Waals surface area contributed by atoms with Gasteiger partial charge in [0.25, 0.3) is 0 Å². The maximum atomic E-state index is 6.41. The lowest BCUT2D eigenvalue weighted by Crippen LogP contribution is -2.37. The van der Waals surface area contributed by atoms with Gasteiger partial charge in [-0.2, -0.15) is 0 Å². The molecule has 6 rings (SSSR count). The Balaban J connectivity index is 1.51. The summed E-state index contributed by atoms with van der Waals surface area (Å²) in [4.78, 5) is 7.23. The molecule has 1 aromatic heterocycles. The van der Waals surface area contributed by atoms with Gasteiger partial charge in [0.15, 0.2) is 5.58 Å². The minimum absolute atomic E-state index is 0.185. The Bertz CT molecular complexity index is 1700. The Morgan fingerprint density at radius 2 is 1.18 bits per heavy atom. The number of anilines is 2. The molecule has 0 aliphatic carbocycles. The van der Waals surface area contributed by atoms with Gasteiger partial charge in [-0.25, -0.2) is 4.98 Å². The summed E-state index contributed by atoms with van der Waals surface area (Å²) in [5, 5.41) is 0. The van der Waals surface area contributed by atoms with Gasteiger partial charge < -0.3 is 9.32 Å². The van der Waals surface area contributed by atoms with Gasteiger partial charge >= 0.3 is 0 Å². The van der Waals surface area contributed by atoms with Crippen LogP contribution in [0, 0.1) is 0 Å². The number of oxazole rings is 1. The average Bonchev–Trinajstić information content (AvgIpc) is 3.39. The topological polar surface area (TPSA) is 29.3 Å². The van der Waals surface area contributed by atoms with E-state index in [4.69, 9.17) is 9.40 Å². The second kappa shape index (κ2) is 9.68. The normalized spacial score (nSPS) is 11.6. The monoisotopic (exact) mass is 494 g/mol. The second-order valence-electron chi connectivity index (χ2n) is 10.5. The van der Waals surface area contributed by atoms with E-state index in [-0.39, 0.29) is 5.54 Å². The van der Waals surface area contributed by atoms with Crippen molar-refractivity contribution in [2.45, 2.75) is 26.3 Å². The van der Waals surface area contributed by atoms with Crippen LogP contribution in [0.2, 0.25) is 0 Å². The van der Waals surface area contributed by atoms with Crippen molar-refractivity contribution in [1.82, 2.24) is 4.98 Å². The van der Waals surface area contributed by atoms with E-state index in [1.165, 1.54) is 11.1 Å². The van der Waals surface area contributed by atoms with E-state index < -0.39 is 0 Å². The van der Waals surface area contributed by atoms with Crippen molar-refractivity contribution in [2.24, 2.45) is 0 Å². The Kier molecular flexibility index (Phi) is 6.05. The van der Waals surface area contributed by atoms with E-state index in [0.717, 1.165) is 39.2 Å². The van der Waals surface area contributed by atoms with Crippen molar-refractivity contribution in [1.29, 1.82) is 0 Å². The number of benzene rings is 5. The molecule has 1 heterocycles. The highest BCUT2D eigenvalue weighted by Gasteiger charge is 2.27. The van der Waals surface area contributed by atoms with Gasteiger partial charge in [0.1, 0.15) is 5.52 Å². The average molecular weight is 495 g/mol. The van der Waals surface area contributed by atoms with Crippen LogP contribution in [-0.2, 0) is 0 Å². The molecule has 0 aliphatic heterocycles. The fraction of sp³-hybridized carbons (Fsp3) is 0.114. The van der Waals surface area contributed by atoms with Crippen molar-refractivity contribution in [2.75, 3.05) is 4.90 Å². The summed E-state index contributed by atoms with van der Waals surface area (Å²) < 4.78 is 6.41.